The Hall–Kier alpha value is -1.55. The molecule has 0 unspecified atom stereocenters. The topological polar surface area (TPSA) is 52.6 Å². The van der Waals surface area contributed by atoms with Crippen LogP contribution >= 0.6 is 0 Å². The number of carboxylic acid groups (broad SMARTS) is 1. The summed E-state index contributed by atoms with van der Waals surface area (Å²) in [7, 11) is 0. The lowest BCUT2D eigenvalue weighted by molar-refractivity contribution is 0.194. The first-order valence-electron chi connectivity index (χ1n) is 7.01. The number of amides is 1. The third-order valence-corrected chi connectivity index (χ3v) is 3.57. The molecular weight excluding hydrogens is 240 g/mol. The zero-order chi connectivity index (χ0) is 13.5. The van der Waals surface area contributed by atoms with Crippen molar-refractivity contribution in [3.8, 4) is 0 Å². The Labute approximate surface area is 114 Å². The first-order valence-corrected chi connectivity index (χ1v) is 7.01. The quantitative estimate of drug-likeness (QED) is 0.877. The van der Waals surface area contributed by atoms with Gasteiger partial charge < -0.3 is 10.4 Å². The van der Waals surface area contributed by atoms with Crippen molar-refractivity contribution in [2.45, 2.75) is 38.8 Å². The number of rotatable bonds is 4. The molecule has 1 aromatic rings. The highest BCUT2D eigenvalue weighted by Gasteiger charge is 2.09. The standard InChI is InChI=1S/C15H22N2O2/c18-15(19)16-11-13-5-7-14(8-6-13)12-17-9-3-1-2-4-10-17/h5-8,16H,1-4,9-12H2,(H,18,19). The molecule has 0 radical (unpaired) electrons. The molecule has 1 aliphatic heterocycles. The van der Waals surface area contributed by atoms with Gasteiger partial charge in [0, 0.05) is 13.1 Å². The Balaban J connectivity index is 1.85. The second-order valence-corrected chi connectivity index (χ2v) is 5.17. The molecule has 0 aliphatic carbocycles. The molecule has 0 bridgehead atoms. The van der Waals surface area contributed by atoms with Crippen molar-refractivity contribution in [1.29, 1.82) is 0 Å². The van der Waals surface area contributed by atoms with Crippen LogP contribution in [0.1, 0.15) is 36.8 Å². The van der Waals surface area contributed by atoms with E-state index in [4.69, 9.17) is 5.11 Å². The molecule has 0 atom stereocenters. The van der Waals surface area contributed by atoms with Gasteiger partial charge in [-0.25, -0.2) is 4.79 Å². The summed E-state index contributed by atoms with van der Waals surface area (Å²) in [4.78, 5) is 12.9. The predicted molar refractivity (Wildman–Crippen MR) is 75.1 cm³/mol. The number of hydrogen-bond donors (Lipinski definition) is 2. The molecule has 1 aromatic carbocycles. The number of likely N-dealkylation sites (tertiary alicyclic amines) is 1. The number of benzene rings is 1. The molecule has 19 heavy (non-hydrogen) atoms. The van der Waals surface area contributed by atoms with E-state index in [2.05, 4.69) is 22.3 Å². The summed E-state index contributed by atoms with van der Waals surface area (Å²) in [5.74, 6) is 0. The van der Waals surface area contributed by atoms with Crippen molar-refractivity contribution in [2.75, 3.05) is 13.1 Å². The van der Waals surface area contributed by atoms with E-state index in [1.165, 1.54) is 44.3 Å². The highest BCUT2D eigenvalue weighted by Crippen LogP contribution is 2.13. The van der Waals surface area contributed by atoms with Gasteiger partial charge in [-0.05, 0) is 37.1 Å². The molecule has 1 saturated heterocycles. The van der Waals surface area contributed by atoms with Crippen molar-refractivity contribution in [3.63, 3.8) is 0 Å². The first-order chi connectivity index (χ1) is 9.24. The van der Waals surface area contributed by atoms with Crippen LogP contribution in [0.2, 0.25) is 0 Å². The zero-order valence-corrected chi connectivity index (χ0v) is 11.3. The monoisotopic (exact) mass is 262 g/mol. The van der Waals surface area contributed by atoms with Gasteiger partial charge in [0.25, 0.3) is 0 Å². The van der Waals surface area contributed by atoms with Gasteiger partial charge in [-0.3, -0.25) is 4.90 Å². The van der Waals surface area contributed by atoms with Gasteiger partial charge in [0.2, 0.25) is 0 Å². The molecule has 104 valence electrons. The Bertz CT molecular complexity index is 395. The van der Waals surface area contributed by atoms with Gasteiger partial charge in [-0.2, -0.15) is 0 Å². The Morgan fingerprint density at radius 2 is 1.63 bits per heavy atom. The lowest BCUT2D eigenvalue weighted by Crippen LogP contribution is -2.24. The third-order valence-electron chi connectivity index (χ3n) is 3.57. The van der Waals surface area contributed by atoms with E-state index in [-0.39, 0.29) is 0 Å². The summed E-state index contributed by atoms with van der Waals surface area (Å²) in [5, 5.41) is 10.9. The summed E-state index contributed by atoms with van der Waals surface area (Å²) in [6, 6.07) is 8.21. The number of nitrogens with zero attached hydrogens (tertiary/aromatic N) is 1. The minimum atomic E-state index is -0.978. The van der Waals surface area contributed by atoms with Gasteiger partial charge in [-0.1, -0.05) is 37.1 Å². The summed E-state index contributed by atoms with van der Waals surface area (Å²) in [5.41, 5.74) is 2.31. The van der Waals surface area contributed by atoms with Gasteiger partial charge in [0.15, 0.2) is 0 Å². The van der Waals surface area contributed by atoms with Crippen LogP contribution in [0.5, 0.6) is 0 Å². The maximum absolute atomic E-state index is 10.4. The van der Waals surface area contributed by atoms with Gasteiger partial charge in [-0.15, -0.1) is 0 Å². The number of hydrogen-bond acceptors (Lipinski definition) is 2. The van der Waals surface area contributed by atoms with E-state index >= 15 is 0 Å². The highest BCUT2D eigenvalue weighted by molar-refractivity contribution is 5.64. The zero-order valence-electron chi connectivity index (χ0n) is 11.3. The lowest BCUT2D eigenvalue weighted by Gasteiger charge is -2.19. The highest BCUT2D eigenvalue weighted by atomic mass is 16.4. The fraction of sp³-hybridized carbons (Fsp3) is 0.533. The van der Waals surface area contributed by atoms with Gasteiger partial charge in [0.05, 0.1) is 0 Å². The second-order valence-electron chi connectivity index (χ2n) is 5.17. The second kappa shape index (κ2) is 7.14. The van der Waals surface area contributed by atoms with Crippen molar-refractivity contribution >= 4 is 6.09 Å². The average molecular weight is 262 g/mol. The van der Waals surface area contributed by atoms with Crippen LogP contribution in [-0.4, -0.2) is 29.2 Å². The fourth-order valence-corrected chi connectivity index (χ4v) is 2.49. The summed E-state index contributed by atoms with van der Waals surface area (Å²) >= 11 is 0. The molecule has 0 saturated carbocycles. The molecular formula is C15H22N2O2. The van der Waals surface area contributed by atoms with Crippen LogP contribution in [-0.2, 0) is 13.1 Å². The number of nitrogens with one attached hydrogen (secondary N) is 1. The van der Waals surface area contributed by atoms with Crippen LogP contribution in [0.15, 0.2) is 24.3 Å². The minimum Gasteiger partial charge on any atom is -0.465 e. The maximum Gasteiger partial charge on any atom is 0.404 e. The molecule has 1 fully saturated rings. The molecule has 0 spiro atoms. The molecule has 2 N–H and O–H groups in total. The molecule has 1 heterocycles. The Morgan fingerprint density at radius 1 is 1.05 bits per heavy atom. The van der Waals surface area contributed by atoms with E-state index in [1.54, 1.807) is 0 Å². The van der Waals surface area contributed by atoms with Crippen LogP contribution in [0.4, 0.5) is 4.79 Å². The van der Waals surface area contributed by atoms with E-state index in [0.717, 1.165) is 12.1 Å². The molecule has 1 aliphatic rings. The molecule has 0 aromatic heterocycles. The third kappa shape index (κ3) is 4.91. The number of carbonyl (C=O) groups is 1. The van der Waals surface area contributed by atoms with Crippen LogP contribution < -0.4 is 5.32 Å². The summed E-state index contributed by atoms with van der Waals surface area (Å²) in [6.45, 7) is 3.77. The summed E-state index contributed by atoms with van der Waals surface area (Å²) in [6.07, 6.45) is 4.35. The van der Waals surface area contributed by atoms with Crippen LogP contribution in [0, 0.1) is 0 Å². The van der Waals surface area contributed by atoms with Gasteiger partial charge >= 0.3 is 6.09 Å². The maximum atomic E-state index is 10.4. The Kier molecular flexibility index (Phi) is 5.21. The van der Waals surface area contributed by atoms with E-state index in [1.807, 2.05) is 12.1 Å². The van der Waals surface area contributed by atoms with E-state index < -0.39 is 6.09 Å². The predicted octanol–water partition coefficient (Wildman–Crippen LogP) is 2.83. The molecule has 1 amide bonds. The van der Waals surface area contributed by atoms with Crippen LogP contribution in [0.3, 0.4) is 0 Å². The largest absolute Gasteiger partial charge is 0.465 e. The summed E-state index contributed by atoms with van der Waals surface area (Å²) < 4.78 is 0. The minimum absolute atomic E-state index is 0.374. The lowest BCUT2D eigenvalue weighted by atomic mass is 10.1. The van der Waals surface area contributed by atoms with Crippen molar-refractivity contribution in [2.24, 2.45) is 0 Å². The molecule has 4 nitrogen and oxygen atoms in total. The normalized spacial score (nSPS) is 16.8. The van der Waals surface area contributed by atoms with Crippen molar-refractivity contribution in [3.05, 3.63) is 35.4 Å². The average Bonchev–Trinajstić information content (AvgIpc) is 2.66. The van der Waals surface area contributed by atoms with Gasteiger partial charge in [0.1, 0.15) is 0 Å². The smallest absolute Gasteiger partial charge is 0.404 e. The van der Waals surface area contributed by atoms with Crippen LogP contribution in [0.25, 0.3) is 0 Å². The Morgan fingerprint density at radius 3 is 2.21 bits per heavy atom. The fourth-order valence-electron chi connectivity index (χ4n) is 2.49. The van der Waals surface area contributed by atoms with E-state index in [0.29, 0.717) is 6.54 Å². The van der Waals surface area contributed by atoms with E-state index in [9.17, 15) is 4.79 Å². The molecule has 2 rings (SSSR count). The molecule has 4 heteroatoms. The SMILES string of the molecule is O=C(O)NCc1ccc(CN2CCCCCC2)cc1. The first kappa shape index (κ1) is 13.9. The van der Waals surface area contributed by atoms with Crippen molar-refractivity contribution < 1.29 is 9.90 Å². The van der Waals surface area contributed by atoms with Crippen molar-refractivity contribution in [1.82, 2.24) is 10.2 Å².